The van der Waals surface area contributed by atoms with Gasteiger partial charge >= 0.3 is 0 Å². The maximum atomic E-state index is 13.9. The molecule has 0 saturated carbocycles. The second-order valence-electron chi connectivity index (χ2n) is 3.95. The highest BCUT2D eigenvalue weighted by molar-refractivity contribution is 7.98. The van der Waals surface area contributed by atoms with Gasteiger partial charge in [0.25, 0.3) is 0 Å². The highest BCUT2D eigenvalue weighted by Gasteiger charge is 2.09. The number of nitrogens with one attached hydrogen (secondary N) is 1. The first-order valence-corrected chi connectivity index (χ1v) is 7.01. The molecule has 94 valence electrons. The van der Waals surface area contributed by atoms with E-state index in [1.807, 2.05) is 0 Å². The Morgan fingerprint density at radius 2 is 2.18 bits per heavy atom. The Hall–Kier alpha value is -1.03. The summed E-state index contributed by atoms with van der Waals surface area (Å²) in [5, 5.41) is 7.27. The third-order valence-corrected chi connectivity index (χ3v) is 3.61. The lowest BCUT2D eigenvalue weighted by atomic mass is 10.1. The van der Waals surface area contributed by atoms with Crippen molar-refractivity contribution in [3.8, 4) is 0 Å². The average molecular weight is 254 g/mol. The molecule has 0 fully saturated rings. The Morgan fingerprint density at radius 3 is 2.82 bits per heavy atom. The Labute approximate surface area is 106 Å². The molecule has 3 N–H and O–H groups in total. The Balaban J connectivity index is 2.54. The van der Waals surface area contributed by atoms with Crippen LogP contribution in [0.4, 0.5) is 4.39 Å². The van der Waals surface area contributed by atoms with Crippen molar-refractivity contribution in [2.24, 2.45) is 5.73 Å². The lowest BCUT2D eigenvalue weighted by Gasteiger charge is -2.07. The van der Waals surface area contributed by atoms with Gasteiger partial charge in [-0.1, -0.05) is 31.9 Å². The topological polar surface area (TPSA) is 49.9 Å². The third kappa shape index (κ3) is 4.38. The number of rotatable bonds is 7. The van der Waals surface area contributed by atoms with Gasteiger partial charge in [-0.3, -0.25) is 5.41 Å². The van der Waals surface area contributed by atoms with E-state index in [-0.39, 0.29) is 17.2 Å². The number of thioether (sulfide) groups is 1. The molecule has 1 rings (SSSR count). The van der Waals surface area contributed by atoms with E-state index in [0.717, 1.165) is 5.75 Å². The number of hydrogen-bond acceptors (Lipinski definition) is 2. The lowest BCUT2D eigenvalue weighted by molar-refractivity contribution is 0.614. The van der Waals surface area contributed by atoms with E-state index in [1.54, 1.807) is 30.0 Å². The fourth-order valence-corrected chi connectivity index (χ4v) is 2.53. The van der Waals surface area contributed by atoms with Crippen molar-refractivity contribution in [2.45, 2.75) is 31.9 Å². The van der Waals surface area contributed by atoms with Crippen LogP contribution in [-0.4, -0.2) is 11.6 Å². The predicted octanol–water partition coefficient (Wildman–Crippen LogP) is 3.53. The highest BCUT2D eigenvalue weighted by Crippen LogP contribution is 2.19. The molecule has 4 heteroatoms. The number of amidine groups is 1. The molecule has 0 aliphatic heterocycles. The summed E-state index contributed by atoms with van der Waals surface area (Å²) in [6.45, 7) is 2.17. The summed E-state index contributed by atoms with van der Waals surface area (Å²) in [5.41, 5.74) is 6.16. The van der Waals surface area contributed by atoms with E-state index in [9.17, 15) is 4.39 Å². The van der Waals surface area contributed by atoms with E-state index in [0.29, 0.717) is 11.3 Å². The zero-order valence-corrected chi connectivity index (χ0v) is 10.9. The van der Waals surface area contributed by atoms with Gasteiger partial charge < -0.3 is 5.73 Å². The number of hydrogen-bond donors (Lipinski definition) is 2. The number of nitrogens with two attached hydrogens (primary N) is 1. The highest BCUT2D eigenvalue weighted by atomic mass is 32.2. The molecular formula is C13H19FN2S. The van der Waals surface area contributed by atoms with Crippen molar-refractivity contribution in [3.05, 3.63) is 35.1 Å². The average Bonchev–Trinajstić information content (AvgIpc) is 2.30. The standard InChI is InChI=1S/C13H19FN2S/c1-2-3-4-8-17-9-10-6-5-7-11(12(10)14)13(15)16/h5-7H,2-4,8-9H2,1H3,(H3,15,16). The SMILES string of the molecule is CCCCCSCc1cccc(C(=N)N)c1F. The number of unbranched alkanes of at least 4 members (excludes halogenated alkanes) is 2. The van der Waals surface area contributed by atoms with Gasteiger partial charge in [-0.05, 0) is 23.8 Å². The van der Waals surface area contributed by atoms with Gasteiger partial charge in [-0.25, -0.2) is 4.39 Å². The van der Waals surface area contributed by atoms with Crippen molar-refractivity contribution in [3.63, 3.8) is 0 Å². The van der Waals surface area contributed by atoms with Gasteiger partial charge in [0.1, 0.15) is 11.7 Å². The van der Waals surface area contributed by atoms with Crippen molar-refractivity contribution in [2.75, 3.05) is 5.75 Å². The Bertz CT molecular complexity index is 380. The molecule has 0 atom stereocenters. The summed E-state index contributed by atoms with van der Waals surface area (Å²) in [4.78, 5) is 0. The summed E-state index contributed by atoms with van der Waals surface area (Å²) in [5.74, 6) is 1.15. The van der Waals surface area contributed by atoms with Gasteiger partial charge in [0.2, 0.25) is 0 Å². The zero-order chi connectivity index (χ0) is 12.7. The maximum absolute atomic E-state index is 13.9. The molecule has 0 aromatic heterocycles. The molecule has 0 heterocycles. The molecule has 0 radical (unpaired) electrons. The van der Waals surface area contributed by atoms with Crippen LogP contribution < -0.4 is 5.73 Å². The van der Waals surface area contributed by atoms with Crippen LogP contribution in [0.3, 0.4) is 0 Å². The fraction of sp³-hybridized carbons (Fsp3) is 0.462. The molecule has 0 unspecified atom stereocenters. The minimum atomic E-state index is -0.344. The maximum Gasteiger partial charge on any atom is 0.138 e. The van der Waals surface area contributed by atoms with Gasteiger partial charge in [0.05, 0.1) is 5.56 Å². The first-order chi connectivity index (χ1) is 8.16. The molecule has 17 heavy (non-hydrogen) atoms. The van der Waals surface area contributed by atoms with E-state index >= 15 is 0 Å². The summed E-state index contributed by atoms with van der Waals surface area (Å²) in [6.07, 6.45) is 3.60. The molecule has 1 aromatic rings. The zero-order valence-electron chi connectivity index (χ0n) is 10.1. The van der Waals surface area contributed by atoms with Gasteiger partial charge in [-0.15, -0.1) is 0 Å². The second kappa shape index (κ2) is 7.33. The van der Waals surface area contributed by atoms with Crippen molar-refractivity contribution < 1.29 is 4.39 Å². The van der Waals surface area contributed by atoms with Crippen LogP contribution in [-0.2, 0) is 5.75 Å². The minimum Gasteiger partial charge on any atom is -0.384 e. The number of halogens is 1. The smallest absolute Gasteiger partial charge is 0.138 e. The van der Waals surface area contributed by atoms with Crippen LogP contribution in [0.1, 0.15) is 37.3 Å². The first kappa shape index (κ1) is 14.0. The van der Waals surface area contributed by atoms with Crippen molar-refractivity contribution in [1.82, 2.24) is 0 Å². The molecule has 2 nitrogen and oxygen atoms in total. The number of nitrogen functional groups attached to an aromatic ring is 1. The van der Waals surface area contributed by atoms with E-state index in [4.69, 9.17) is 11.1 Å². The summed E-state index contributed by atoms with van der Waals surface area (Å²) < 4.78 is 13.9. The monoisotopic (exact) mass is 254 g/mol. The lowest BCUT2D eigenvalue weighted by Crippen LogP contribution is -2.14. The summed E-state index contributed by atoms with van der Waals surface area (Å²) >= 11 is 1.73. The molecule has 1 aromatic carbocycles. The normalized spacial score (nSPS) is 10.5. The van der Waals surface area contributed by atoms with E-state index in [1.165, 1.54) is 19.3 Å². The molecule has 0 amide bonds. The Kier molecular flexibility index (Phi) is 6.05. The molecule has 0 bridgehead atoms. The van der Waals surface area contributed by atoms with Gasteiger partial charge in [0.15, 0.2) is 0 Å². The van der Waals surface area contributed by atoms with Crippen LogP contribution in [0.2, 0.25) is 0 Å². The van der Waals surface area contributed by atoms with Crippen LogP contribution in [0.5, 0.6) is 0 Å². The Morgan fingerprint density at radius 1 is 1.41 bits per heavy atom. The number of benzene rings is 1. The second-order valence-corrected chi connectivity index (χ2v) is 5.06. The van der Waals surface area contributed by atoms with Crippen LogP contribution in [0, 0.1) is 11.2 Å². The quantitative estimate of drug-likeness (QED) is 0.444. The van der Waals surface area contributed by atoms with E-state index in [2.05, 4.69) is 6.92 Å². The molecule has 0 aliphatic rings. The molecular weight excluding hydrogens is 235 g/mol. The molecule has 0 spiro atoms. The first-order valence-electron chi connectivity index (χ1n) is 5.86. The molecule has 0 saturated heterocycles. The van der Waals surface area contributed by atoms with Crippen LogP contribution >= 0.6 is 11.8 Å². The largest absolute Gasteiger partial charge is 0.384 e. The van der Waals surface area contributed by atoms with Gasteiger partial charge in [0, 0.05) is 5.75 Å². The predicted molar refractivity (Wildman–Crippen MR) is 73.1 cm³/mol. The summed E-state index contributed by atoms with van der Waals surface area (Å²) in [6, 6.07) is 5.05. The summed E-state index contributed by atoms with van der Waals surface area (Å²) in [7, 11) is 0. The van der Waals surface area contributed by atoms with Crippen LogP contribution in [0.15, 0.2) is 18.2 Å². The van der Waals surface area contributed by atoms with E-state index < -0.39 is 0 Å². The third-order valence-electron chi connectivity index (χ3n) is 2.52. The van der Waals surface area contributed by atoms with Gasteiger partial charge in [-0.2, -0.15) is 11.8 Å². The fourth-order valence-electron chi connectivity index (χ4n) is 1.54. The minimum absolute atomic E-state index is 0.205. The van der Waals surface area contributed by atoms with Crippen molar-refractivity contribution >= 4 is 17.6 Å². The molecule has 0 aliphatic carbocycles. The van der Waals surface area contributed by atoms with Crippen LogP contribution in [0.25, 0.3) is 0 Å². The van der Waals surface area contributed by atoms with Crippen molar-refractivity contribution in [1.29, 1.82) is 5.41 Å².